The van der Waals surface area contributed by atoms with Gasteiger partial charge in [-0.05, 0) is 25.2 Å². The summed E-state index contributed by atoms with van der Waals surface area (Å²) >= 11 is 1.88. The summed E-state index contributed by atoms with van der Waals surface area (Å²) < 4.78 is 2.06. The predicted molar refractivity (Wildman–Crippen MR) is 86.1 cm³/mol. The van der Waals surface area contributed by atoms with Gasteiger partial charge < -0.3 is 10.4 Å². The summed E-state index contributed by atoms with van der Waals surface area (Å²) in [5.74, 6) is 2.11. The number of para-hydroxylation sites is 1. The molecule has 5 heteroatoms. The first-order valence-electron chi connectivity index (χ1n) is 7.20. The van der Waals surface area contributed by atoms with Crippen LogP contribution in [-0.4, -0.2) is 39.5 Å². The van der Waals surface area contributed by atoms with Crippen LogP contribution in [0.2, 0.25) is 0 Å². The van der Waals surface area contributed by atoms with Crippen LogP contribution in [0.25, 0.3) is 10.9 Å². The van der Waals surface area contributed by atoms with Gasteiger partial charge in [-0.25, -0.2) is 0 Å². The van der Waals surface area contributed by atoms with Gasteiger partial charge in [-0.2, -0.15) is 16.9 Å². The molecule has 2 N–H and O–H groups in total. The van der Waals surface area contributed by atoms with E-state index in [9.17, 15) is 0 Å². The lowest BCUT2D eigenvalue weighted by atomic mass is 10.2. The quantitative estimate of drug-likeness (QED) is 0.696. The number of aliphatic hydroxyl groups excluding tert-OH is 1. The summed E-state index contributed by atoms with van der Waals surface area (Å²) in [5.41, 5.74) is 2.34. The van der Waals surface area contributed by atoms with Crippen LogP contribution in [0.3, 0.4) is 0 Å². The van der Waals surface area contributed by atoms with E-state index in [1.165, 1.54) is 10.9 Å². The van der Waals surface area contributed by atoms with Gasteiger partial charge in [-0.15, -0.1) is 0 Å². The molecule has 0 saturated carbocycles. The van der Waals surface area contributed by atoms with Crippen LogP contribution >= 0.6 is 11.8 Å². The minimum Gasteiger partial charge on any atom is -0.396 e. The molecule has 0 saturated heterocycles. The average molecular weight is 293 g/mol. The molecular formula is C15H23N3OS. The molecule has 0 radical (unpaired) electrons. The fraction of sp³-hybridized carbons (Fsp3) is 0.533. The standard InChI is InChI=1S/C15H23N3OS/c1-2-18-15-7-4-3-6-13(15)14(17-18)12-16-8-11-20-10-5-9-19/h3-4,6-7,16,19H,2,5,8-12H2,1H3. The smallest absolute Gasteiger partial charge is 0.0841 e. The number of fused-ring (bicyclic) bond motifs is 1. The van der Waals surface area contributed by atoms with Crippen molar-refractivity contribution in [2.45, 2.75) is 26.4 Å². The Bertz CT molecular complexity index is 527. The van der Waals surface area contributed by atoms with Gasteiger partial charge in [0.2, 0.25) is 0 Å². The van der Waals surface area contributed by atoms with Crippen molar-refractivity contribution in [3.8, 4) is 0 Å². The summed E-state index contributed by atoms with van der Waals surface area (Å²) in [7, 11) is 0. The minimum absolute atomic E-state index is 0.293. The number of hydrogen-bond donors (Lipinski definition) is 2. The number of nitrogens with zero attached hydrogens (tertiary/aromatic N) is 2. The summed E-state index contributed by atoms with van der Waals surface area (Å²) in [6.45, 7) is 5.10. The normalized spacial score (nSPS) is 11.3. The third-order valence-corrected chi connectivity index (χ3v) is 4.27. The average Bonchev–Trinajstić information content (AvgIpc) is 2.85. The number of aliphatic hydroxyl groups is 1. The zero-order valence-corrected chi connectivity index (χ0v) is 12.8. The first-order valence-corrected chi connectivity index (χ1v) is 8.36. The SMILES string of the molecule is CCn1nc(CNCCSCCCO)c2ccccc21. The maximum Gasteiger partial charge on any atom is 0.0841 e. The highest BCUT2D eigenvalue weighted by Crippen LogP contribution is 2.18. The lowest BCUT2D eigenvalue weighted by Gasteiger charge is -2.03. The zero-order valence-electron chi connectivity index (χ0n) is 12.0. The number of benzene rings is 1. The maximum atomic E-state index is 8.70. The van der Waals surface area contributed by atoms with Crippen molar-refractivity contribution in [3.05, 3.63) is 30.0 Å². The number of thioether (sulfide) groups is 1. The van der Waals surface area contributed by atoms with E-state index in [2.05, 4.69) is 46.3 Å². The molecule has 4 nitrogen and oxygen atoms in total. The largest absolute Gasteiger partial charge is 0.396 e. The molecular weight excluding hydrogens is 270 g/mol. The van der Waals surface area contributed by atoms with Crippen LogP contribution in [0.5, 0.6) is 0 Å². The van der Waals surface area contributed by atoms with Gasteiger partial charge in [0, 0.05) is 37.4 Å². The number of aryl methyl sites for hydroxylation is 1. The topological polar surface area (TPSA) is 50.1 Å². The Hall–Kier alpha value is -1.04. The highest BCUT2D eigenvalue weighted by Gasteiger charge is 2.07. The van der Waals surface area contributed by atoms with Crippen LogP contribution in [-0.2, 0) is 13.1 Å². The summed E-state index contributed by atoms with van der Waals surface area (Å²) in [6, 6.07) is 8.39. The number of rotatable bonds is 9. The minimum atomic E-state index is 0.293. The molecule has 1 aromatic carbocycles. The van der Waals surface area contributed by atoms with Crippen LogP contribution in [0.1, 0.15) is 19.0 Å². The Balaban J connectivity index is 1.84. The Morgan fingerprint density at radius 2 is 2.15 bits per heavy atom. The second-order valence-electron chi connectivity index (χ2n) is 4.65. The second kappa shape index (κ2) is 8.29. The van der Waals surface area contributed by atoms with E-state index in [4.69, 9.17) is 5.11 Å². The molecule has 1 heterocycles. The summed E-state index contributed by atoms with van der Waals surface area (Å²) in [4.78, 5) is 0. The highest BCUT2D eigenvalue weighted by molar-refractivity contribution is 7.99. The molecule has 0 atom stereocenters. The van der Waals surface area contributed by atoms with Gasteiger partial charge in [0.15, 0.2) is 0 Å². The van der Waals surface area contributed by atoms with Crippen molar-refractivity contribution >= 4 is 22.7 Å². The van der Waals surface area contributed by atoms with Crippen molar-refractivity contribution in [2.24, 2.45) is 0 Å². The molecule has 0 aliphatic rings. The van der Waals surface area contributed by atoms with Gasteiger partial charge in [0.25, 0.3) is 0 Å². The Morgan fingerprint density at radius 3 is 2.95 bits per heavy atom. The maximum absolute atomic E-state index is 8.70. The molecule has 2 aromatic rings. The first-order chi connectivity index (χ1) is 9.86. The van der Waals surface area contributed by atoms with Crippen LogP contribution in [0.15, 0.2) is 24.3 Å². The van der Waals surface area contributed by atoms with Gasteiger partial charge in [-0.1, -0.05) is 18.2 Å². The Morgan fingerprint density at radius 1 is 1.30 bits per heavy atom. The summed E-state index contributed by atoms with van der Waals surface area (Å²) in [5, 5.41) is 18.1. The predicted octanol–water partition coefficient (Wildman–Crippen LogP) is 2.26. The van der Waals surface area contributed by atoms with Crippen LogP contribution < -0.4 is 5.32 Å². The second-order valence-corrected chi connectivity index (χ2v) is 5.87. The van der Waals surface area contributed by atoms with Gasteiger partial charge in [0.05, 0.1) is 11.2 Å². The fourth-order valence-corrected chi connectivity index (χ4v) is 3.01. The van der Waals surface area contributed by atoms with Gasteiger partial charge >= 0.3 is 0 Å². The molecule has 0 unspecified atom stereocenters. The molecule has 0 aliphatic carbocycles. The first kappa shape index (κ1) is 15.4. The Kier molecular flexibility index (Phi) is 6.36. The lowest BCUT2D eigenvalue weighted by molar-refractivity contribution is 0.296. The van der Waals surface area contributed by atoms with Crippen molar-refractivity contribution in [1.29, 1.82) is 0 Å². The van der Waals surface area contributed by atoms with E-state index in [1.54, 1.807) is 0 Å². The molecule has 0 spiro atoms. The van der Waals surface area contributed by atoms with E-state index < -0.39 is 0 Å². The van der Waals surface area contributed by atoms with Crippen molar-refractivity contribution < 1.29 is 5.11 Å². The number of nitrogens with one attached hydrogen (secondary N) is 1. The van der Waals surface area contributed by atoms with E-state index in [1.807, 2.05) is 11.8 Å². The van der Waals surface area contributed by atoms with Gasteiger partial charge in [-0.3, -0.25) is 4.68 Å². The Labute approximate surface area is 124 Å². The number of aromatic nitrogens is 2. The third-order valence-electron chi connectivity index (χ3n) is 3.20. The lowest BCUT2D eigenvalue weighted by Crippen LogP contribution is -2.17. The fourth-order valence-electron chi connectivity index (χ4n) is 2.19. The highest BCUT2D eigenvalue weighted by atomic mass is 32.2. The zero-order chi connectivity index (χ0) is 14.2. The van der Waals surface area contributed by atoms with Crippen molar-refractivity contribution in [2.75, 3.05) is 24.7 Å². The van der Waals surface area contributed by atoms with Gasteiger partial charge in [0.1, 0.15) is 0 Å². The number of hydrogen-bond acceptors (Lipinski definition) is 4. The van der Waals surface area contributed by atoms with Crippen LogP contribution in [0.4, 0.5) is 0 Å². The van der Waals surface area contributed by atoms with E-state index >= 15 is 0 Å². The molecule has 0 fully saturated rings. The molecule has 0 bridgehead atoms. The molecule has 1 aromatic heterocycles. The molecule has 2 rings (SSSR count). The van der Waals surface area contributed by atoms with E-state index in [0.29, 0.717) is 6.61 Å². The summed E-state index contributed by atoms with van der Waals surface area (Å²) in [6.07, 6.45) is 0.885. The van der Waals surface area contributed by atoms with Crippen molar-refractivity contribution in [3.63, 3.8) is 0 Å². The van der Waals surface area contributed by atoms with E-state index in [0.717, 1.165) is 43.3 Å². The van der Waals surface area contributed by atoms with Crippen molar-refractivity contribution in [1.82, 2.24) is 15.1 Å². The molecule has 0 amide bonds. The van der Waals surface area contributed by atoms with E-state index in [-0.39, 0.29) is 0 Å². The monoisotopic (exact) mass is 293 g/mol. The van der Waals surface area contributed by atoms with Crippen LogP contribution in [0, 0.1) is 0 Å². The molecule has 110 valence electrons. The third kappa shape index (κ3) is 3.98. The molecule has 0 aliphatic heterocycles. The molecule has 20 heavy (non-hydrogen) atoms.